The van der Waals surface area contributed by atoms with Gasteiger partial charge in [-0.05, 0) is 25.0 Å². The molecule has 0 atom stereocenters. The van der Waals surface area contributed by atoms with E-state index in [0.29, 0.717) is 5.52 Å². The minimum Gasteiger partial charge on any atom is -0.507 e. The summed E-state index contributed by atoms with van der Waals surface area (Å²) in [5, 5.41) is 19.2. The highest BCUT2D eigenvalue weighted by Gasteiger charge is 2.31. The summed E-state index contributed by atoms with van der Waals surface area (Å²) in [5.74, 6) is -0.415. The molecule has 3 rings (SSSR count). The van der Waals surface area contributed by atoms with Crippen molar-refractivity contribution >= 4 is 22.6 Å². The van der Waals surface area contributed by atoms with Crippen LogP contribution < -0.4 is 0 Å². The molecule has 1 saturated carbocycles. The van der Waals surface area contributed by atoms with Crippen LogP contribution in [-0.4, -0.2) is 27.7 Å². The first-order valence-corrected chi connectivity index (χ1v) is 6.63. The second-order valence-electron chi connectivity index (χ2n) is 4.92. The number of hydrogen-bond acceptors (Lipinski definition) is 5. The van der Waals surface area contributed by atoms with Crippen molar-refractivity contribution in [3.05, 3.63) is 35.8 Å². The number of esters is 1. The molecule has 0 aliphatic heterocycles. The smallest absolute Gasteiger partial charge is 0.309 e. The van der Waals surface area contributed by atoms with Crippen LogP contribution in [0.3, 0.4) is 0 Å². The molecule has 6 heteroatoms. The number of carbonyl (C=O) groups is 1. The number of rotatable bonds is 4. The minimum absolute atomic E-state index is 0.0187. The molecule has 0 bridgehead atoms. The van der Waals surface area contributed by atoms with Crippen LogP contribution in [0, 0.1) is 17.2 Å². The second kappa shape index (κ2) is 5.29. The highest BCUT2D eigenvalue weighted by Crippen LogP contribution is 2.30. The van der Waals surface area contributed by atoms with Crippen LogP contribution in [0.15, 0.2) is 30.0 Å². The highest BCUT2D eigenvalue weighted by atomic mass is 16.5. The standard InChI is InChI=1S/C15H13N3O3/c16-7-10(13(19)8-21-15(20)9-5-6-9)14-17-11-3-1-2-4-12(11)18-14/h1-4,9,19H,5-6,8H2,(H,17,18)/b13-10-. The molecule has 2 aromatic rings. The van der Waals surface area contributed by atoms with Gasteiger partial charge in [0.05, 0.1) is 17.0 Å². The number of nitriles is 1. The maximum absolute atomic E-state index is 11.4. The average molecular weight is 283 g/mol. The van der Waals surface area contributed by atoms with Gasteiger partial charge in [-0.1, -0.05) is 12.1 Å². The summed E-state index contributed by atoms with van der Waals surface area (Å²) in [4.78, 5) is 18.6. The SMILES string of the molecule is N#C/C(=C(/O)COC(=O)C1CC1)c1nc2ccccc2[nH]1. The van der Waals surface area contributed by atoms with Gasteiger partial charge in [0.1, 0.15) is 18.2 Å². The number of ether oxygens (including phenoxy) is 1. The van der Waals surface area contributed by atoms with Gasteiger partial charge in [-0.3, -0.25) is 4.79 Å². The number of carbonyl (C=O) groups excluding carboxylic acids is 1. The Morgan fingerprint density at radius 2 is 2.24 bits per heavy atom. The van der Waals surface area contributed by atoms with Crippen molar-refractivity contribution in [2.75, 3.05) is 6.61 Å². The van der Waals surface area contributed by atoms with Gasteiger partial charge >= 0.3 is 5.97 Å². The quantitative estimate of drug-likeness (QED) is 0.509. The van der Waals surface area contributed by atoms with Gasteiger partial charge in [0.15, 0.2) is 11.6 Å². The maximum Gasteiger partial charge on any atom is 0.309 e. The minimum atomic E-state index is -0.330. The molecule has 1 aliphatic carbocycles. The van der Waals surface area contributed by atoms with E-state index >= 15 is 0 Å². The van der Waals surface area contributed by atoms with Crippen molar-refractivity contribution in [3.63, 3.8) is 0 Å². The van der Waals surface area contributed by atoms with Crippen molar-refractivity contribution in [1.82, 2.24) is 9.97 Å². The van der Waals surface area contributed by atoms with Crippen LogP contribution in [-0.2, 0) is 9.53 Å². The van der Waals surface area contributed by atoms with Crippen LogP contribution in [0.5, 0.6) is 0 Å². The zero-order valence-electron chi connectivity index (χ0n) is 11.2. The lowest BCUT2D eigenvalue weighted by Gasteiger charge is -2.04. The first-order valence-electron chi connectivity index (χ1n) is 6.63. The van der Waals surface area contributed by atoms with E-state index in [2.05, 4.69) is 9.97 Å². The van der Waals surface area contributed by atoms with Gasteiger partial charge in [0.25, 0.3) is 0 Å². The predicted molar refractivity (Wildman–Crippen MR) is 74.9 cm³/mol. The molecule has 0 unspecified atom stereocenters. The van der Waals surface area contributed by atoms with Crippen molar-refractivity contribution in [3.8, 4) is 6.07 Å². The third kappa shape index (κ3) is 2.72. The van der Waals surface area contributed by atoms with Crippen molar-refractivity contribution in [2.45, 2.75) is 12.8 Å². The van der Waals surface area contributed by atoms with Gasteiger partial charge in [0, 0.05) is 0 Å². The largest absolute Gasteiger partial charge is 0.507 e. The number of aliphatic hydroxyl groups excluding tert-OH is 1. The molecule has 21 heavy (non-hydrogen) atoms. The van der Waals surface area contributed by atoms with Gasteiger partial charge < -0.3 is 14.8 Å². The Hall–Kier alpha value is -2.81. The zero-order chi connectivity index (χ0) is 14.8. The third-order valence-electron chi connectivity index (χ3n) is 3.29. The Bertz CT molecular complexity index is 733. The summed E-state index contributed by atoms with van der Waals surface area (Å²) in [6, 6.07) is 9.19. The first-order chi connectivity index (χ1) is 10.2. The lowest BCUT2D eigenvalue weighted by Crippen LogP contribution is -2.10. The van der Waals surface area contributed by atoms with Crippen LogP contribution in [0.2, 0.25) is 0 Å². The van der Waals surface area contributed by atoms with E-state index in [1.54, 1.807) is 6.07 Å². The number of nitrogens with one attached hydrogen (secondary N) is 1. The van der Waals surface area contributed by atoms with Gasteiger partial charge in [0.2, 0.25) is 0 Å². The second-order valence-corrected chi connectivity index (χ2v) is 4.92. The van der Waals surface area contributed by atoms with Gasteiger partial charge in [-0.25, -0.2) is 4.98 Å². The summed E-state index contributed by atoms with van der Waals surface area (Å²) < 4.78 is 4.97. The number of H-pyrrole nitrogens is 1. The fraction of sp³-hybridized carbons (Fsp3) is 0.267. The van der Waals surface area contributed by atoms with Gasteiger partial charge in [-0.15, -0.1) is 0 Å². The van der Waals surface area contributed by atoms with E-state index in [0.717, 1.165) is 18.4 Å². The molecule has 106 valence electrons. The Balaban J connectivity index is 1.83. The Morgan fingerprint density at radius 3 is 2.90 bits per heavy atom. The Labute approximate surface area is 120 Å². The molecule has 2 N–H and O–H groups in total. The topological polar surface area (TPSA) is 99.0 Å². The molecule has 1 aromatic carbocycles. The normalized spacial score (nSPS) is 15.4. The van der Waals surface area contributed by atoms with Crippen LogP contribution >= 0.6 is 0 Å². The summed E-state index contributed by atoms with van der Waals surface area (Å²) in [6.07, 6.45) is 1.66. The molecular weight excluding hydrogens is 270 g/mol. The molecule has 0 amide bonds. The molecule has 0 saturated heterocycles. The molecule has 1 fully saturated rings. The number of hydrogen-bond donors (Lipinski definition) is 2. The maximum atomic E-state index is 11.4. The summed E-state index contributed by atoms with van der Waals surface area (Å²) in [7, 11) is 0. The summed E-state index contributed by atoms with van der Waals surface area (Å²) >= 11 is 0. The Kier molecular flexibility index (Phi) is 3.32. The van der Waals surface area contributed by atoms with E-state index in [-0.39, 0.29) is 35.7 Å². The molecule has 6 nitrogen and oxygen atoms in total. The van der Waals surface area contributed by atoms with Gasteiger partial charge in [-0.2, -0.15) is 5.26 Å². The van der Waals surface area contributed by atoms with E-state index in [9.17, 15) is 15.2 Å². The molecule has 1 heterocycles. The predicted octanol–water partition coefficient (Wildman–Crippen LogP) is 2.31. The number of nitrogens with zero attached hydrogens (tertiary/aromatic N) is 2. The van der Waals surface area contributed by atoms with E-state index in [4.69, 9.17) is 4.74 Å². The molecule has 1 aliphatic rings. The summed E-state index contributed by atoms with van der Waals surface area (Å²) in [5.41, 5.74) is 1.45. The fourth-order valence-electron chi connectivity index (χ4n) is 1.97. The number of para-hydroxylation sites is 2. The van der Waals surface area contributed by atoms with E-state index in [1.165, 1.54) is 0 Å². The lowest BCUT2D eigenvalue weighted by molar-refractivity contribution is -0.144. The van der Waals surface area contributed by atoms with E-state index < -0.39 is 0 Å². The molecule has 1 aromatic heterocycles. The number of aromatic amines is 1. The average Bonchev–Trinajstić information content (AvgIpc) is 3.25. The number of imidazole rings is 1. The van der Waals surface area contributed by atoms with Crippen molar-refractivity contribution < 1.29 is 14.6 Å². The number of aromatic nitrogens is 2. The first kappa shape index (κ1) is 13.2. The number of allylic oxidation sites excluding steroid dienone is 1. The molecule has 0 radical (unpaired) electrons. The lowest BCUT2D eigenvalue weighted by atomic mass is 10.2. The van der Waals surface area contributed by atoms with Crippen molar-refractivity contribution in [2.24, 2.45) is 5.92 Å². The monoisotopic (exact) mass is 283 g/mol. The number of benzene rings is 1. The summed E-state index contributed by atoms with van der Waals surface area (Å²) in [6.45, 7) is -0.310. The molecular formula is C15H13N3O3. The Morgan fingerprint density at radius 1 is 1.48 bits per heavy atom. The van der Waals surface area contributed by atoms with Crippen molar-refractivity contribution in [1.29, 1.82) is 5.26 Å². The van der Waals surface area contributed by atoms with Crippen LogP contribution in [0.25, 0.3) is 16.6 Å². The molecule has 0 spiro atoms. The number of aliphatic hydroxyl groups is 1. The highest BCUT2D eigenvalue weighted by molar-refractivity contribution is 5.83. The zero-order valence-corrected chi connectivity index (χ0v) is 11.2. The third-order valence-corrected chi connectivity index (χ3v) is 3.29. The van der Waals surface area contributed by atoms with Crippen LogP contribution in [0.1, 0.15) is 18.7 Å². The number of fused-ring (bicyclic) bond motifs is 1. The fourth-order valence-corrected chi connectivity index (χ4v) is 1.97. The van der Waals surface area contributed by atoms with Crippen LogP contribution in [0.4, 0.5) is 0 Å². The van der Waals surface area contributed by atoms with E-state index in [1.807, 2.05) is 24.3 Å².